The van der Waals surface area contributed by atoms with Crippen molar-refractivity contribution in [3.05, 3.63) is 198 Å². The van der Waals surface area contributed by atoms with Gasteiger partial charge in [0.2, 0.25) is 0 Å². The van der Waals surface area contributed by atoms with E-state index in [2.05, 4.69) is 186 Å². The zero-order valence-electron chi connectivity index (χ0n) is 27.1. The van der Waals surface area contributed by atoms with Gasteiger partial charge in [-0.2, -0.15) is 0 Å². The van der Waals surface area contributed by atoms with E-state index in [1.165, 1.54) is 70.7 Å². The fourth-order valence-electron chi connectivity index (χ4n) is 7.90. The number of nitrogens with one attached hydrogen (secondary N) is 1. The summed E-state index contributed by atoms with van der Waals surface area (Å²) in [6.07, 6.45) is 1.88. The number of fused-ring (bicyclic) bond motifs is 6. The fraction of sp³-hybridized carbons (Fsp3) is 0.0217. The summed E-state index contributed by atoms with van der Waals surface area (Å²) in [5.41, 5.74) is 12.5. The lowest BCUT2D eigenvalue weighted by molar-refractivity contribution is 0.590. The first-order valence-corrected chi connectivity index (χ1v) is 17.8. The van der Waals surface area contributed by atoms with Crippen LogP contribution in [0.2, 0.25) is 0 Å². The monoisotopic (exact) mass is 657 g/mol. The molecular formula is C46H31N3S. The minimum absolute atomic E-state index is 0.521. The van der Waals surface area contributed by atoms with Crippen LogP contribution in [0.25, 0.3) is 55.4 Å². The van der Waals surface area contributed by atoms with Crippen molar-refractivity contribution in [3.8, 4) is 27.9 Å². The van der Waals surface area contributed by atoms with E-state index in [0.717, 1.165) is 11.3 Å². The SMILES string of the molecule is C1=NC(c2ccccc2)=C2Sc3c(-c4ccc(-c5cccc6c5c5ccccc5n6-c5ccccc5)cc4)cccc3C2(c2ccccc2)N1. The van der Waals surface area contributed by atoms with Crippen LogP contribution in [0.4, 0.5) is 0 Å². The zero-order chi connectivity index (χ0) is 33.1. The third-order valence-corrected chi connectivity index (χ3v) is 11.5. The second-order valence-electron chi connectivity index (χ2n) is 12.8. The molecule has 0 fully saturated rings. The molecule has 10 rings (SSSR count). The zero-order valence-corrected chi connectivity index (χ0v) is 27.9. The summed E-state index contributed by atoms with van der Waals surface area (Å²) in [4.78, 5) is 7.40. The summed E-state index contributed by atoms with van der Waals surface area (Å²) in [5, 5.41) is 6.28. The van der Waals surface area contributed by atoms with Gasteiger partial charge < -0.3 is 9.88 Å². The van der Waals surface area contributed by atoms with Crippen LogP contribution in [0.1, 0.15) is 16.7 Å². The predicted molar refractivity (Wildman–Crippen MR) is 210 cm³/mol. The van der Waals surface area contributed by atoms with Crippen molar-refractivity contribution in [2.75, 3.05) is 0 Å². The quantitative estimate of drug-likeness (QED) is 0.200. The maximum absolute atomic E-state index is 4.93. The van der Waals surface area contributed by atoms with Crippen molar-refractivity contribution in [2.24, 2.45) is 4.99 Å². The summed E-state index contributed by atoms with van der Waals surface area (Å²) < 4.78 is 2.38. The molecule has 1 atom stereocenters. The summed E-state index contributed by atoms with van der Waals surface area (Å²) in [5.74, 6) is 0. The largest absolute Gasteiger partial charge is 0.358 e. The Morgan fingerprint density at radius 3 is 1.92 bits per heavy atom. The number of hydrogen-bond acceptors (Lipinski definition) is 3. The number of hydrogen-bond donors (Lipinski definition) is 1. The molecule has 0 amide bonds. The van der Waals surface area contributed by atoms with E-state index in [1.807, 2.05) is 18.1 Å². The van der Waals surface area contributed by atoms with Crippen molar-refractivity contribution in [2.45, 2.75) is 10.4 Å². The van der Waals surface area contributed by atoms with Gasteiger partial charge in [0.25, 0.3) is 0 Å². The van der Waals surface area contributed by atoms with Crippen LogP contribution in [0.3, 0.4) is 0 Å². The molecule has 3 nitrogen and oxygen atoms in total. The first kappa shape index (κ1) is 28.9. The van der Waals surface area contributed by atoms with Crippen LogP contribution >= 0.6 is 11.8 Å². The third-order valence-electron chi connectivity index (χ3n) is 10.1. The molecule has 1 unspecified atom stereocenters. The molecule has 0 aliphatic carbocycles. The molecule has 4 heteroatoms. The van der Waals surface area contributed by atoms with E-state index in [4.69, 9.17) is 4.99 Å². The van der Waals surface area contributed by atoms with Gasteiger partial charge in [-0.15, -0.1) is 0 Å². The van der Waals surface area contributed by atoms with Gasteiger partial charge in [-0.05, 0) is 52.1 Å². The van der Waals surface area contributed by atoms with Crippen molar-refractivity contribution in [1.82, 2.24) is 9.88 Å². The van der Waals surface area contributed by atoms with Gasteiger partial charge in [-0.1, -0.05) is 163 Å². The Balaban J connectivity index is 1.12. The summed E-state index contributed by atoms with van der Waals surface area (Å²) >= 11 is 1.84. The van der Waals surface area contributed by atoms with Crippen LogP contribution in [0.15, 0.2) is 191 Å². The number of nitrogens with zero attached hydrogens (tertiary/aromatic N) is 2. The van der Waals surface area contributed by atoms with Crippen LogP contribution < -0.4 is 5.32 Å². The highest BCUT2D eigenvalue weighted by Gasteiger charge is 2.49. The Kier molecular flexibility index (Phi) is 6.64. The molecular weight excluding hydrogens is 627 g/mol. The van der Waals surface area contributed by atoms with E-state index < -0.39 is 5.54 Å². The number of para-hydroxylation sites is 2. The van der Waals surface area contributed by atoms with Crippen molar-refractivity contribution in [3.63, 3.8) is 0 Å². The first-order valence-electron chi connectivity index (χ1n) is 17.0. The fourth-order valence-corrected chi connectivity index (χ4v) is 9.43. The van der Waals surface area contributed by atoms with Gasteiger partial charge >= 0.3 is 0 Å². The van der Waals surface area contributed by atoms with E-state index in [-0.39, 0.29) is 0 Å². The smallest absolute Gasteiger partial charge is 0.124 e. The van der Waals surface area contributed by atoms with Crippen molar-refractivity contribution >= 4 is 45.6 Å². The maximum atomic E-state index is 4.93. The van der Waals surface area contributed by atoms with Crippen molar-refractivity contribution in [1.29, 1.82) is 0 Å². The maximum Gasteiger partial charge on any atom is 0.124 e. The van der Waals surface area contributed by atoms with Gasteiger partial charge in [0.15, 0.2) is 0 Å². The number of aliphatic imine (C=N–C) groups is 1. The summed E-state index contributed by atoms with van der Waals surface area (Å²) in [6.45, 7) is 0. The predicted octanol–water partition coefficient (Wildman–Crippen LogP) is 11.5. The Bertz CT molecular complexity index is 2620. The standard InChI is InChI=1S/C46H31N3S/c1-4-14-33(15-5-1)43-45-46(48-30-47-43,34-16-6-2-7-17-34)39-23-12-22-37(44(39)50-45)32-28-26-31(27-29-32)36-21-13-25-41-42(36)38-20-10-11-24-40(38)49(41)35-18-8-3-9-19-35/h1-30H,(H,47,48). The van der Waals surface area contributed by atoms with E-state index in [1.54, 1.807) is 0 Å². The van der Waals surface area contributed by atoms with E-state index >= 15 is 0 Å². The normalized spacial score (nSPS) is 16.4. The van der Waals surface area contributed by atoms with Gasteiger partial charge in [0.05, 0.1) is 28.0 Å². The minimum Gasteiger partial charge on any atom is -0.358 e. The second kappa shape index (κ2) is 11.5. The number of rotatable bonds is 5. The molecule has 0 saturated heterocycles. The van der Waals surface area contributed by atoms with Gasteiger partial charge in [0.1, 0.15) is 5.54 Å². The molecule has 2 aliphatic heterocycles. The first-order chi connectivity index (χ1) is 24.8. The molecule has 0 bridgehead atoms. The second-order valence-corrected chi connectivity index (χ2v) is 13.8. The lowest BCUT2D eigenvalue weighted by Crippen LogP contribution is -2.44. The van der Waals surface area contributed by atoms with Crippen LogP contribution in [0, 0.1) is 0 Å². The number of aromatic nitrogens is 1. The Morgan fingerprint density at radius 2 is 1.14 bits per heavy atom. The van der Waals surface area contributed by atoms with E-state index in [0.29, 0.717) is 0 Å². The average Bonchev–Trinajstić information content (AvgIpc) is 3.73. The molecule has 1 N–H and O–H groups in total. The molecule has 3 heterocycles. The summed E-state index contributed by atoms with van der Waals surface area (Å²) in [6, 6.07) is 63.3. The average molecular weight is 658 g/mol. The molecule has 8 aromatic rings. The highest BCUT2D eigenvalue weighted by molar-refractivity contribution is 8.04. The van der Waals surface area contributed by atoms with E-state index in [9.17, 15) is 0 Å². The number of benzene rings is 7. The van der Waals surface area contributed by atoms with Gasteiger partial charge in [0, 0.05) is 32.5 Å². The highest BCUT2D eigenvalue weighted by Crippen LogP contribution is 2.60. The Labute approximate surface area is 295 Å². The topological polar surface area (TPSA) is 29.3 Å². The molecule has 7 aromatic carbocycles. The molecule has 0 spiro atoms. The Hall–Kier alpha value is -6.10. The molecule has 0 radical (unpaired) electrons. The summed E-state index contributed by atoms with van der Waals surface area (Å²) in [7, 11) is 0. The minimum atomic E-state index is -0.521. The van der Waals surface area contributed by atoms with Crippen LogP contribution in [-0.4, -0.2) is 10.9 Å². The number of thioether (sulfide) groups is 1. The third kappa shape index (κ3) is 4.28. The van der Waals surface area contributed by atoms with Crippen LogP contribution in [0.5, 0.6) is 0 Å². The molecule has 0 saturated carbocycles. The lowest BCUT2D eigenvalue weighted by atomic mass is 9.80. The van der Waals surface area contributed by atoms with Crippen LogP contribution in [-0.2, 0) is 5.54 Å². The molecule has 1 aromatic heterocycles. The Morgan fingerprint density at radius 1 is 0.520 bits per heavy atom. The van der Waals surface area contributed by atoms with Gasteiger partial charge in [-0.3, -0.25) is 0 Å². The van der Waals surface area contributed by atoms with Gasteiger partial charge in [-0.25, -0.2) is 4.99 Å². The molecule has 236 valence electrons. The molecule has 2 aliphatic rings. The highest BCUT2D eigenvalue weighted by atomic mass is 32.2. The lowest BCUT2D eigenvalue weighted by Gasteiger charge is -2.35. The van der Waals surface area contributed by atoms with Crippen molar-refractivity contribution < 1.29 is 0 Å². The molecule has 50 heavy (non-hydrogen) atoms.